The molecule has 106 valence electrons. The number of hydrogen-bond acceptors (Lipinski definition) is 4. The third kappa shape index (κ3) is 2.79. The Morgan fingerprint density at radius 3 is 1.95 bits per heavy atom. The molecule has 2 aromatic carbocycles. The summed E-state index contributed by atoms with van der Waals surface area (Å²) < 4.78 is 16.1. The predicted molar refractivity (Wildman–Crippen MR) is 80.6 cm³/mol. The average molecular weight is 273 g/mol. The quantitative estimate of drug-likeness (QED) is 0.900. The monoisotopic (exact) mass is 273 g/mol. The fourth-order valence-corrected chi connectivity index (χ4v) is 1.99. The number of nitrogens with one attached hydrogen (secondary N) is 1. The van der Waals surface area contributed by atoms with Gasteiger partial charge in [0, 0.05) is 5.69 Å². The van der Waals surface area contributed by atoms with E-state index < -0.39 is 0 Å². The van der Waals surface area contributed by atoms with Gasteiger partial charge in [0.2, 0.25) is 5.75 Å². The zero-order chi connectivity index (χ0) is 14.5. The van der Waals surface area contributed by atoms with Crippen LogP contribution in [0.2, 0.25) is 0 Å². The van der Waals surface area contributed by atoms with Crippen molar-refractivity contribution in [2.75, 3.05) is 26.6 Å². The Hall–Kier alpha value is -2.36. The molecule has 0 spiro atoms. The van der Waals surface area contributed by atoms with Crippen molar-refractivity contribution in [3.8, 4) is 17.2 Å². The van der Waals surface area contributed by atoms with Crippen LogP contribution in [0, 0.1) is 6.92 Å². The van der Waals surface area contributed by atoms with Gasteiger partial charge in [-0.25, -0.2) is 0 Å². The summed E-state index contributed by atoms with van der Waals surface area (Å²) in [5, 5.41) is 3.32. The molecule has 0 bridgehead atoms. The Morgan fingerprint density at radius 1 is 0.750 bits per heavy atom. The van der Waals surface area contributed by atoms with Crippen LogP contribution in [0.5, 0.6) is 17.2 Å². The molecule has 0 aliphatic rings. The van der Waals surface area contributed by atoms with Gasteiger partial charge in [-0.05, 0) is 31.2 Å². The van der Waals surface area contributed by atoms with Gasteiger partial charge >= 0.3 is 0 Å². The van der Waals surface area contributed by atoms with Crippen molar-refractivity contribution in [1.82, 2.24) is 0 Å². The normalized spacial score (nSPS) is 10.0. The molecular weight excluding hydrogens is 254 g/mol. The highest BCUT2D eigenvalue weighted by molar-refractivity contribution is 5.73. The maximum absolute atomic E-state index is 5.44. The Balaban J connectivity index is 2.38. The molecule has 20 heavy (non-hydrogen) atoms. The standard InChI is InChI=1S/C16H19NO3/c1-11-5-7-12(8-6-11)17-13-9-10-14(18-2)16(20-4)15(13)19-3/h5-10,17H,1-4H3. The minimum absolute atomic E-state index is 0.576. The first-order valence-corrected chi connectivity index (χ1v) is 6.32. The second-order valence-electron chi connectivity index (χ2n) is 4.37. The van der Waals surface area contributed by atoms with E-state index in [2.05, 4.69) is 24.4 Å². The van der Waals surface area contributed by atoms with Crippen LogP contribution in [0.25, 0.3) is 0 Å². The van der Waals surface area contributed by atoms with E-state index in [0.29, 0.717) is 17.2 Å². The van der Waals surface area contributed by atoms with Crippen LogP contribution in [0.4, 0.5) is 11.4 Å². The van der Waals surface area contributed by atoms with E-state index >= 15 is 0 Å². The van der Waals surface area contributed by atoms with Crippen molar-refractivity contribution in [2.45, 2.75) is 6.92 Å². The Kier molecular flexibility index (Phi) is 4.35. The van der Waals surface area contributed by atoms with Crippen LogP contribution in [0.3, 0.4) is 0 Å². The minimum atomic E-state index is 0.576. The fraction of sp³-hybridized carbons (Fsp3) is 0.250. The maximum atomic E-state index is 5.44. The summed E-state index contributed by atoms with van der Waals surface area (Å²) in [7, 11) is 4.80. The van der Waals surface area contributed by atoms with Gasteiger partial charge in [-0.1, -0.05) is 17.7 Å². The molecule has 0 saturated heterocycles. The SMILES string of the molecule is COc1ccc(Nc2ccc(C)cc2)c(OC)c1OC. The number of rotatable bonds is 5. The molecular formula is C16H19NO3. The molecule has 4 nitrogen and oxygen atoms in total. The van der Waals surface area contributed by atoms with Crippen molar-refractivity contribution < 1.29 is 14.2 Å². The van der Waals surface area contributed by atoms with Crippen LogP contribution in [0.15, 0.2) is 36.4 Å². The lowest BCUT2D eigenvalue weighted by molar-refractivity contribution is 0.325. The van der Waals surface area contributed by atoms with Gasteiger partial charge in [0.1, 0.15) is 0 Å². The number of aryl methyl sites for hydroxylation is 1. The number of benzene rings is 2. The Labute approximate surface area is 119 Å². The van der Waals surface area contributed by atoms with Gasteiger partial charge in [0.25, 0.3) is 0 Å². The van der Waals surface area contributed by atoms with E-state index in [1.807, 2.05) is 24.3 Å². The highest BCUT2D eigenvalue weighted by Gasteiger charge is 2.15. The summed E-state index contributed by atoms with van der Waals surface area (Å²) in [6.07, 6.45) is 0. The average Bonchev–Trinajstić information content (AvgIpc) is 2.48. The van der Waals surface area contributed by atoms with E-state index in [4.69, 9.17) is 14.2 Å². The van der Waals surface area contributed by atoms with Gasteiger partial charge in [-0.3, -0.25) is 0 Å². The molecule has 4 heteroatoms. The minimum Gasteiger partial charge on any atom is -0.493 e. The van der Waals surface area contributed by atoms with Gasteiger partial charge in [-0.15, -0.1) is 0 Å². The number of methoxy groups -OCH3 is 3. The third-order valence-electron chi connectivity index (χ3n) is 3.03. The lowest BCUT2D eigenvalue weighted by Gasteiger charge is -2.16. The molecule has 0 atom stereocenters. The van der Waals surface area contributed by atoms with E-state index in [1.54, 1.807) is 21.3 Å². The van der Waals surface area contributed by atoms with E-state index in [1.165, 1.54) is 5.56 Å². The topological polar surface area (TPSA) is 39.7 Å². The van der Waals surface area contributed by atoms with Crippen molar-refractivity contribution >= 4 is 11.4 Å². The highest BCUT2D eigenvalue weighted by Crippen LogP contribution is 2.43. The largest absolute Gasteiger partial charge is 0.493 e. The zero-order valence-electron chi connectivity index (χ0n) is 12.2. The van der Waals surface area contributed by atoms with Crippen LogP contribution < -0.4 is 19.5 Å². The lowest BCUT2D eigenvalue weighted by Crippen LogP contribution is -1.99. The first-order valence-electron chi connectivity index (χ1n) is 6.32. The molecule has 0 fully saturated rings. The summed E-state index contributed by atoms with van der Waals surface area (Å²) in [5.74, 6) is 1.83. The fourth-order valence-electron chi connectivity index (χ4n) is 1.99. The lowest BCUT2D eigenvalue weighted by atomic mass is 10.2. The molecule has 0 radical (unpaired) electrons. The van der Waals surface area contributed by atoms with Crippen LogP contribution in [0.1, 0.15) is 5.56 Å². The summed E-state index contributed by atoms with van der Waals surface area (Å²) in [4.78, 5) is 0. The van der Waals surface area contributed by atoms with Crippen molar-refractivity contribution in [1.29, 1.82) is 0 Å². The Bertz CT molecular complexity index is 579. The second-order valence-corrected chi connectivity index (χ2v) is 4.37. The molecule has 0 aliphatic carbocycles. The first kappa shape index (κ1) is 14.1. The zero-order valence-corrected chi connectivity index (χ0v) is 12.2. The number of anilines is 2. The van der Waals surface area contributed by atoms with E-state index in [9.17, 15) is 0 Å². The molecule has 0 aliphatic heterocycles. The maximum Gasteiger partial charge on any atom is 0.205 e. The van der Waals surface area contributed by atoms with Gasteiger partial charge < -0.3 is 19.5 Å². The summed E-state index contributed by atoms with van der Waals surface area (Å²) in [6.45, 7) is 2.06. The third-order valence-corrected chi connectivity index (χ3v) is 3.03. The summed E-state index contributed by atoms with van der Waals surface area (Å²) in [5.41, 5.74) is 3.03. The molecule has 0 aromatic heterocycles. The molecule has 0 saturated carbocycles. The Morgan fingerprint density at radius 2 is 1.40 bits per heavy atom. The van der Waals surface area contributed by atoms with E-state index in [-0.39, 0.29) is 0 Å². The van der Waals surface area contributed by atoms with Crippen molar-refractivity contribution in [2.24, 2.45) is 0 Å². The number of ether oxygens (including phenoxy) is 3. The predicted octanol–water partition coefficient (Wildman–Crippen LogP) is 3.76. The van der Waals surface area contributed by atoms with Crippen LogP contribution in [-0.4, -0.2) is 21.3 Å². The van der Waals surface area contributed by atoms with Gasteiger partial charge in [0.15, 0.2) is 11.5 Å². The van der Waals surface area contributed by atoms with Crippen LogP contribution >= 0.6 is 0 Å². The molecule has 0 heterocycles. The molecule has 1 N–H and O–H groups in total. The van der Waals surface area contributed by atoms with Gasteiger partial charge in [0.05, 0.1) is 27.0 Å². The molecule has 0 amide bonds. The molecule has 2 aromatic rings. The van der Waals surface area contributed by atoms with Crippen molar-refractivity contribution in [3.63, 3.8) is 0 Å². The summed E-state index contributed by atoms with van der Waals surface area (Å²) >= 11 is 0. The van der Waals surface area contributed by atoms with Gasteiger partial charge in [-0.2, -0.15) is 0 Å². The number of hydrogen-bond donors (Lipinski definition) is 1. The van der Waals surface area contributed by atoms with Crippen molar-refractivity contribution in [3.05, 3.63) is 42.0 Å². The molecule has 2 rings (SSSR count). The van der Waals surface area contributed by atoms with E-state index in [0.717, 1.165) is 11.4 Å². The smallest absolute Gasteiger partial charge is 0.205 e. The summed E-state index contributed by atoms with van der Waals surface area (Å²) in [6, 6.07) is 11.9. The first-order chi connectivity index (χ1) is 9.69. The molecule has 0 unspecified atom stereocenters. The van der Waals surface area contributed by atoms with Crippen LogP contribution in [-0.2, 0) is 0 Å². The second kappa shape index (κ2) is 6.19. The highest BCUT2D eigenvalue weighted by atomic mass is 16.5.